The third kappa shape index (κ3) is 6.09. The molecule has 6 heteroatoms. The first-order valence-corrected chi connectivity index (χ1v) is 24.0. The number of rotatable bonds is 6. The summed E-state index contributed by atoms with van der Waals surface area (Å²) in [6.45, 7) is 12.1. The Morgan fingerprint density at radius 2 is 1.27 bits per heavy atom. The second-order valence-corrected chi connectivity index (χ2v) is 20.7. The molecule has 0 atom stereocenters. The summed E-state index contributed by atoms with van der Waals surface area (Å²) in [4.78, 5) is 10.0. The molecule has 0 amide bonds. The second kappa shape index (κ2) is 14.7. The summed E-state index contributed by atoms with van der Waals surface area (Å²) in [5.74, 6) is 2.46. The van der Waals surface area contributed by atoms with E-state index in [0.717, 1.165) is 45.1 Å². The number of fused-ring (bicyclic) bond motifs is 10. The minimum Gasteiger partial charge on any atom is -0.457 e. The molecular formula is C61H48N4OS. The first-order valence-electron chi connectivity index (χ1n) is 23.2. The first-order chi connectivity index (χ1) is 32.6. The van der Waals surface area contributed by atoms with Gasteiger partial charge in [0.2, 0.25) is 0 Å². The molecule has 8 aromatic carbocycles. The molecule has 67 heavy (non-hydrogen) atoms. The van der Waals surface area contributed by atoms with Crippen LogP contribution in [0.5, 0.6) is 11.5 Å². The van der Waals surface area contributed by atoms with E-state index >= 15 is 0 Å². The molecule has 5 nitrogen and oxygen atoms in total. The highest BCUT2D eigenvalue weighted by molar-refractivity contribution is 7.26. The van der Waals surface area contributed by atoms with Crippen molar-refractivity contribution in [3.63, 3.8) is 0 Å². The Labute approximate surface area is 394 Å². The average Bonchev–Trinajstić information content (AvgIpc) is 4.08. The zero-order valence-corrected chi connectivity index (χ0v) is 39.0. The van der Waals surface area contributed by atoms with Crippen molar-refractivity contribution in [2.24, 2.45) is 0 Å². The van der Waals surface area contributed by atoms with Crippen molar-refractivity contribution in [2.45, 2.75) is 45.4 Å². The van der Waals surface area contributed by atoms with Gasteiger partial charge in [0.1, 0.15) is 24.0 Å². The van der Waals surface area contributed by atoms with E-state index in [1.165, 1.54) is 75.9 Å². The molecule has 0 radical (unpaired) electrons. The highest BCUT2D eigenvalue weighted by Crippen LogP contribution is 2.58. The van der Waals surface area contributed by atoms with Crippen molar-refractivity contribution >= 4 is 76.1 Å². The second-order valence-electron chi connectivity index (χ2n) is 19.6. The fourth-order valence-electron chi connectivity index (χ4n) is 11.0. The summed E-state index contributed by atoms with van der Waals surface area (Å²) in [5.41, 5.74) is 15.7. The van der Waals surface area contributed by atoms with Gasteiger partial charge in [-0.25, -0.2) is 4.98 Å². The predicted molar refractivity (Wildman–Crippen MR) is 282 cm³/mol. The molecule has 0 N–H and O–H groups in total. The molecule has 3 aromatic heterocycles. The molecule has 11 aromatic rings. The van der Waals surface area contributed by atoms with E-state index in [1.54, 1.807) is 0 Å². The van der Waals surface area contributed by atoms with E-state index in [2.05, 4.69) is 231 Å². The van der Waals surface area contributed by atoms with Gasteiger partial charge in [-0.05, 0) is 87.8 Å². The standard InChI is InChI=1S/C61H48N4OS/c1-60(2,3)39-31-32-62-56(33-39)65-50-23-13-10-19-43(50)44-28-27-40(35-53(44)65)66-41-34-47-45-20-11-16-26-55(45)67-59(47)54(36-41)63-37-64(52-25-15-14-24-51(52)63)58-42(38-17-7-6-8-18-38)29-30-49-57(58)46-21-9-12-22-48(46)61(49,4)5/h6-36H,37H2,1-5H3. The third-order valence-electron chi connectivity index (χ3n) is 14.3. The van der Waals surface area contributed by atoms with Gasteiger partial charge in [-0.2, -0.15) is 0 Å². The zero-order chi connectivity index (χ0) is 45.2. The maximum atomic E-state index is 7.11. The molecule has 0 bridgehead atoms. The summed E-state index contributed by atoms with van der Waals surface area (Å²) in [7, 11) is 0. The molecule has 0 saturated carbocycles. The molecule has 1 aliphatic carbocycles. The largest absolute Gasteiger partial charge is 0.457 e. The molecule has 0 fully saturated rings. The lowest BCUT2D eigenvalue weighted by molar-refractivity contribution is 0.484. The van der Waals surface area contributed by atoms with Crippen molar-refractivity contribution in [3.05, 3.63) is 205 Å². The fraction of sp³-hybridized carbons (Fsp3) is 0.131. The monoisotopic (exact) mass is 884 g/mol. The summed E-state index contributed by atoms with van der Waals surface area (Å²) in [6.07, 6.45) is 1.93. The maximum absolute atomic E-state index is 7.11. The molecule has 2 aliphatic rings. The highest BCUT2D eigenvalue weighted by atomic mass is 32.1. The summed E-state index contributed by atoms with van der Waals surface area (Å²) in [6, 6.07) is 66.3. The SMILES string of the molecule is CC(C)(C)c1ccnc(-n2c3ccccc3c3ccc(Oc4cc(N5CN(c6c(-c7ccccc7)ccc7c6-c6ccccc6C7(C)C)c6ccccc65)c5sc6ccccc6c5c4)cc32)c1. The topological polar surface area (TPSA) is 33.5 Å². The number of ether oxygens (including phenoxy) is 1. The lowest BCUT2D eigenvalue weighted by atomic mass is 9.82. The lowest BCUT2D eigenvalue weighted by Crippen LogP contribution is -2.25. The maximum Gasteiger partial charge on any atom is 0.137 e. The number of hydrogen-bond donors (Lipinski definition) is 0. The van der Waals surface area contributed by atoms with Crippen molar-refractivity contribution in [2.75, 3.05) is 16.5 Å². The average molecular weight is 885 g/mol. The Balaban J connectivity index is 0.984. The van der Waals surface area contributed by atoms with Crippen LogP contribution in [0, 0.1) is 0 Å². The number of thiophene rings is 1. The van der Waals surface area contributed by atoms with Gasteiger partial charge in [-0.3, -0.25) is 4.57 Å². The van der Waals surface area contributed by atoms with Crippen LogP contribution < -0.4 is 14.5 Å². The van der Waals surface area contributed by atoms with Gasteiger partial charge in [0.25, 0.3) is 0 Å². The molecule has 324 valence electrons. The Morgan fingerprint density at radius 3 is 2.10 bits per heavy atom. The Hall–Kier alpha value is -7.67. The Morgan fingerprint density at radius 1 is 0.552 bits per heavy atom. The molecule has 4 heterocycles. The minimum absolute atomic E-state index is 0.0204. The van der Waals surface area contributed by atoms with Gasteiger partial charge < -0.3 is 14.5 Å². The van der Waals surface area contributed by atoms with Crippen molar-refractivity contribution in [1.29, 1.82) is 0 Å². The number of pyridine rings is 1. The quantitative estimate of drug-likeness (QED) is 0.167. The first kappa shape index (κ1) is 39.7. The molecular weight excluding hydrogens is 837 g/mol. The number of benzene rings is 8. The number of nitrogens with zero attached hydrogens (tertiary/aromatic N) is 4. The van der Waals surface area contributed by atoms with Crippen LogP contribution in [0.15, 0.2) is 188 Å². The van der Waals surface area contributed by atoms with Crippen LogP contribution in [0.2, 0.25) is 0 Å². The van der Waals surface area contributed by atoms with Gasteiger partial charge >= 0.3 is 0 Å². The normalized spacial score (nSPS) is 14.0. The highest BCUT2D eigenvalue weighted by Gasteiger charge is 2.41. The summed E-state index contributed by atoms with van der Waals surface area (Å²) < 4.78 is 11.9. The number of aromatic nitrogens is 2. The van der Waals surface area contributed by atoms with Crippen LogP contribution in [0.1, 0.15) is 51.3 Å². The summed E-state index contributed by atoms with van der Waals surface area (Å²) >= 11 is 1.85. The van der Waals surface area contributed by atoms with Crippen LogP contribution in [-0.2, 0) is 10.8 Å². The van der Waals surface area contributed by atoms with Crippen LogP contribution in [0.25, 0.3) is 70.0 Å². The van der Waals surface area contributed by atoms with Crippen LogP contribution in [0.3, 0.4) is 0 Å². The van der Waals surface area contributed by atoms with E-state index in [1.807, 2.05) is 17.5 Å². The Kier molecular flexibility index (Phi) is 8.69. The lowest BCUT2D eigenvalue weighted by Gasteiger charge is -2.28. The van der Waals surface area contributed by atoms with Gasteiger partial charge in [-0.1, -0.05) is 150 Å². The Bertz CT molecular complexity index is 3800. The van der Waals surface area contributed by atoms with E-state index in [-0.39, 0.29) is 10.8 Å². The van der Waals surface area contributed by atoms with E-state index < -0.39 is 0 Å². The fourth-order valence-corrected chi connectivity index (χ4v) is 12.2. The smallest absolute Gasteiger partial charge is 0.137 e. The molecule has 13 rings (SSSR count). The van der Waals surface area contributed by atoms with Crippen LogP contribution >= 0.6 is 11.3 Å². The van der Waals surface area contributed by atoms with Crippen molar-refractivity contribution < 1.29 is 4.74 Å². The van der Waals surface area contributed by atoms with E-state index in [4.69, 9.17) is 9.72 Å². The third-order valence-corrected chi connectivity index (χ3v) is 15.5. The number of anilines is 4. The van der Waals surface area contributed by atoms with Crippen molar-refractivity contribution in [3.8, 4) is 39.6 Å². The molecule has 0 unspecified atom stereocenters. The molecule has 1 aliphatic heterocycles. The van der Waals surface area contributed by atoms with Gasteiger partial charge in [-0.15, -0.1) is 11.3 Å². The molecule has 0 spiro atoms. The van der Waals surface area contributed by atoms with Crippen molar-refractivity contribution in [1.82, 2.24) is 9.55 Å². The number of hydrogen-bond acceptors (Lipinski definition) is 5. The van der Waals surface area contributed by atoms with Crippen LogP contribution in [0.4, 0.5) is 22.7 Å². The predicted octanol–water partition coefficient (Wildman–Crippen LogP) is 16.9. The van der Waals surface area contributed by atoms with Gasteiger partial charge in [0.05, 0.1) is 38.5 Å². The van der Waals surface area contributed by atoms with Crippen LogP contribution in [-0.4, -0.2) is 16.2 Å². The number of para-hydroxylation sites is 3. The molecule has 0 saturated heterocycles. The van der Waals surface area contributed by atoms with Gasteiger partial charge in [0, 0.05) is 61.1 Å². The zero-order valence-electron chi connectivity index (χ0n) is 38.2. The summed E-state index contributed by atoms with van der Waals surface area (Å²) in [5, 5.41) is 4.76. The van der Waals surface area contributed by atoms with Gasteiger partial charge in [0.15, 0.2) is 0 Å². The van der Waals surface area contributed by atoms with E-state index in [0.29, 0.717) is 6.67 Å². The minimum atomic E-state index is -0.145. The van der Waals surface area contributed by atoms with E-state index in [9.17, 15) is 0 Å².